The molecular weight excluding hydrogens is 344 g/mol. The molecule has 0 aliphatic heterocycles. The molecular formula is C19H15ClO5. The molecule has 0 aliphatic rings. The van der Waals surface area contributed by atoms with Gasteiger partial charge in [0.05, 0.1) is 29.7 Å². The predicted molar refractivity (Wildman–Crippen MR) is 95.7 cm³/mol. The van der Waals surface area contributed by atoms with Gasteiger partial charge in [-0.2, -0.15) is 0 Å². The van der Waals surface area contributed by atoms with Gasteiger partial charge < -0.3 is 18.7 Å². The highest BCUT2D eigenvalue weighted by molar-refractivity contribution is 6.34. The third kappa shape index (κ3) is 3.51. The monoisotopic (exact) mass is 358 g/mol. The van der Waals surface area contributed by atoms with Crippen molar-refractivity contribution >= 4 is 28.9 Å². The van der Waals surface area contributed by atoms with Gasteiger partial charge in [0.2, 0.25) is 0 Å². The first-order chi connectivity index (χ1) is 12.1. The van der Waals surface area contributed by atoms with E-state index in [1.54, 1.807) is 36.4 Å². The smallest absolute Gasteiger partial charge is 0.193 e. The molecule has 2 aromatic carbocycles. The number of methoxy groups -OCH3 is 1. The summed E-state index contributed by atoms with van der Waals surface area (Å²) < 4.78 is 16.7. The maximum Gasteiger partial charge on any atom is 0.193 e. The van der Waals surface area contributed by atoms with E-state index in [4.69, 9.17) is 25.5 Å². The fraction of sp³-hybridized carbons (Fsp3) is 0.158. The van der Waals surface area contributed by atoms with Crippen molar-refractivity contribution in [3.8, 4) is 22.8 Å². The standard InChI is InChI=1S/C19H15ClO5/c1-23-17-7-6-12(24-9-3-8-21)10-14(17)18-11-16(22)13-4-2-5-15(20)19(13)25-18/h2,4-8,10-11H,3,9H2,1H3. The Morgan fingerprint density at radius 1 is 1.20 bits per heavy atom. The summed E-state index contributed by atoms with van der Waals surface area (Å²) in [6.45, 7) is 0.267. The van der Waals surface area contributed by atoms with Crippen LogP contribution in [0.15, 0.2) is 51.7 Å². The van der Waals surface area contributed by atoms with E-state index in [-0.39, 0.29) is 12.0 Å². The van der Waals surface area contributed by atoms with Gasteiger partial charge in [-0.1, -0.05) is 17.7 Å². The molecule has 0 atom stereocenters. The van der Waals surface area contributed by atoms with Crippen LogP contribution >= 0.6 is 11.6 Å². The van der Waals surface area contributed by atoms with Crippen molar-refractivity contribution in [2.24, 2.45) is 0 Å². The minimum atomic E-state index is -0.201. The summed E-state index contributed by atoms with van der Waals surface area (Å²) in [5.41, 5.74) is 0.680. The van der Waals surface area contributed by atoms with Crippen LogP contribution in [0.25, 0.3) is 22.3 Å². The van der Waals surface area contributed by atoms with E-state index >= 15 is 0 Å². The number of benzene rings is 2. The van der Waals surface area contributed by atoms with Gasteiger partial charge in [-0.3, -0.25) is 4.79 Å². The van der Waals surface area contributed by atoms with Gasteiger partial charge in [-0.15, -0.1) is 0 Å². The Morgan fingerprint density at radius 3 is 2.80 bits per heavy atom. The number of hydrogen-bond acceptors (Lipinski definition) is 5. The summed E-state index contributed by atoms with van der Waals surface area (Å²) in [5, 5.41) is 0.766. The molecule has 5 nitrogen and oxygen atoms in total. The van der Waals surface area contributed by atoms with Crippen molar-refractivity contribution < 1.29 is 18.7 Å². The highest BCUT2D eigenvalue weighted by Crippen LogP contribution is 2.35. The summed E-state index contributed by atoms with van der Waals surface area (Å²) in [6, 6.07) is 11.5. The van der Waals surface area contributed by atoms with Crippen LogP contribution in [0.4, 0.5) is 0 Å². The van der Waals surface area contributed by atoms with Crippen molar-refractivity contribution in [2.75, 3.05) is 13.7 Å². The van der Waals surface area contributed by atoms with Crippen molar-refractivity contribution in [3.63, 3.8) is 0 Å². The first-order valence-corrected chi connectivity index (χ1v) is 7.99. The molecule has 0 aliphatic carbocycles. The molecule has 0 radical (unpaired) electrons. The second-order valence-electron chi connectivity index (χ2n) is 5.26. The SMILES string of the molecule is COc1ccc(OCCC=O)cc1-c1cc(=O)c2cccc(Cl)c2o1. The minimum Gasteiger partial charge on any atom is -0.496 e. The van der Waals surface area contributed by atoms with Gasteiger partial charge in [0, 0.05) is 12.5 Å². The summed E-state index contributed by atoms with van der Waals surface area (Å²) >= 11 is 6.16. The Bertz CT molecular complexity index is 977. The number of carbonyl (C=O) groups is 1. The number of carbonyl (C=O) groups excluding carboxylic acids is 1. The Hall–Kier alpha value is -2.79. The molecule has 1 heterocycles. The van der Waals surface area contributed by atoms with E-state index in [0.29, 0.717) is 45.2 Å². The molecule has 0 spiro atoms. The van der Waals surface area contributed by atoms with Crippen LogP contribution in [0.2, 0.25) is 5.02 Å². The van der Waals surface area contributed by atoms with E-state index in [9.17, 15) is 9.59 Å². The number of halogens is 1. The van der Waals surface area contributed by atoms with Crippen LogP contribution in [0.5, 0.6) is 11.5 Å². The van der Waals surface area contributed by atoms with Crippen LogP contribution in [-0.4, -0.2) is 20.0 Å². The second-order valence-corrected chi connectivity index (χ2v) is 5.66. The van der Waals surface area contributed by atoms with Crippen molar-refractivity contribution in [3.05, 3.63) is 57.7 Å². The zero-order valence-electron chi connectivity index (χ0n) is 13.5. The molecule has 0 fully saturated rings. The highest BCUT2D eigenvalue weighted by atomic mass is 35.5. The average Bonchev–Trinajstić information content (AvgIpc) is 2.62. The third-order valence-electron chi connectivity index (χ3n) is 3.65. The molecule has 3 aromatic rings. The van der Waals surface area contributed by atoms with E-state index in [1.807, 2.05) is 0 Å². The van der Waals surface area contributed by atoms with Crippen molar-refractivity contribution in [1.82, 2.24) is 0 Å². The summed E-state index contributed by atoms with van der Waals surface area (Å²) in [4.78, 5) is 22.8. The molecule has 3 rings (SSSR count). The Balaban J connectivity index is 2.12. The minimum absolute atomic E-state index is 0.201. The average molecular weight is 359 g/mol. The fourth-order valence-electron chi connectivity index (χ4n) is 2.47. The van der Waals surface area contributed by atoms with Gasteiger partial charge in [-0.25, -0.2) is 0 Å². The van der Waals surface area contributed by atoms with E-state index in [2.05, 4.69) is 0 Å². The molecule has 0 saturated carbocycles. The Labute approximate surface area is 148 Å². The largest absolute Gasteiger partial charge is 0.496 e. The van der Waals surface area contributed by atoms with Crippen LogP contribution in [0, 0.1) is 0 Å². The Morgan fingerprint density at radius 2 is 2.04 bits per heavy atom. The lowest BCUT2D eigenvalue weighted by molar-refractivity contribution is -0.108. The van der Waals surface area contributed by atoms with E-state index in [1.165, 1.54) is 13.2 Å². The Kier molecular flexibility index (Phi) is 5.05. The molecule has 0 bridgehead atoms. The van der Waals surface area contributed by atoms with E-state index < -0.39 is 0 Å². The molecule has 1 aromatic heterocycles. The molecule has 0 amide bonds. The van der Waals surface area contributed by atoms with Gasteiger partial charge in [0.1, 0.15) is 23.5 Å². The molecule has 6 heteroatoms. The van der Waals surface area contributed by atoms with Crippen molar-refractivity contribution in [1.29, 1.82) is 0 Å². The number of para-hydroxylation sites is 1. The lowest BCUT2D eigenvalue weighted by atomic mass is 10.1. The van der Waals surface area contributed by atoms with Gasteiger partial charge in [0.25, 0.3) is 0 Å². The third-order valence-corrected chi connectivity index (χ3v) is 3.95. The summed E-state index contributed by atoms with van der Waals surface area (Å²) in [7, 11) is 1.53. The first-order valence-electron chi connectivity index (χ1n) is 7.61. The number of hydrogen-bond donors (Lipinski definition) is 0. The normalized spacial score (nSPS) is 10.6. The maximum absolute atomic E-state index is 12.4. The summed E-state index contributed by atoms with van der Waals surface area (Å²) in [5.74, 6) is 1.39. The van der Waals surface area contributed by atoms with Gasteiger partial charge >= 0.3 is 0 Å². The molecule has 0 N–H and O–H groups in total. The zero-order valence-corrected chi connectivity index (χ0v) is 14.2. The number of rotatable bonds is 6. The van der Waals surface area contributed by atoms with Gasteiger partial charge in [0.15, 0.2) is 11.0 Å². The first kappa shape index (κ1) is 17.0. The zero-order chi connectivity index (χ0) is 17.8. The van der Waals surface area contributed by atoms with Crippen molar-refractivity contribution in [2.45, 2.75) is 6.42 Å². The molecule has 0 unspecified atom stereocenters. The topological polar surface area (TPSA) is 65.7 Å². The predicted octanol–water partition coefficient (Wildman–Crippen LogP) is 4.09. The van der Waals surface area contributed by atoms with Gasteiger partial charge in [-0.05, 0) is 30.3 Å². The second kappa shape index (κ2) is 7.40. The number of ether oxygens (including phenoxy) is 2. The van der Waals surface area contributed by atoms with Crippen LogP contribution in [-0.2, 0) is 4.79 Å². The quantitative estimate of drug-likeness (QED) is 0.490. The lowest BCUT2D eigenvalue weighted by Gasteiger charge is -2.11. The van der Waals surface area contributed by atoms with Crippen LogP contribution in [0.1, 0.15) is 6.42 Å². The maximum atomic E-state index is 12.4. The van der Waals surface area contributed by atoms with Crippen LogP contribution < -0.4 is 14.9 Å². The highest BCUT2D eigenvalue weighted by Gasteiger charge is 2.14. The van der Waals surface area contributed by atoms with E-state index in [0.717, 1.165) is 6.29 Å². The molecule has 0 saturated heterocycles. The van der Waals surface area contributed by atoms with Crippen LogP contribution in [0.3, 0.4) is 0 Å². The fourth-order valence-corrected chi connectivity index (χ4v) is 2.68. The number of aldehydes is 1. The number of fused-ring (bicyclic) bond motifs is 1. The summed E-state index contributed by atoms with van der Waals surface area (Å²) in [6.07, 6.45) is 1.08. The molecule has 128 valence electrons. The lowest BCUT2D eigenvalue weighted by Crippen LogP contribution is -2.02. The molecule has 25 heavy (non-hydrogen) atoms.